The highest BCUT2D eigenvalue weighted by Crippen LogP contribution is 2.37. The predicted molar refractivity (Wildman–Crippen MR) is 82.6 cm³/mol. The molecule has 2 aromatic rings. The first-order valence-electron chi connectivity index (χ1n) is 6.33. The zero-order valence-electron chi connectivity index (χ0n) is 11.2. The predicted octanol–water partition coefficient (Wildman–Crippen LogP) is 3.02. The Kier molecular flexibility index (Phi) is 3.47. The molecule has 3 rings (SSSR count). The third-order valence-electron chi connectivity index (χ3n) is 3.36. The summed E-state index contributed by atoms with van der Waals surface area (Å²) in [5, 5.41) is 16.0. The number of benzene rings is 2. The van der Waals surface area contributed by atoms with E-state index in [1.54, 1.807) is 18.2 Å². The van der Waals surface area contributed by atoms with Gasteiger partial charge in [0.05, 0.1) is 12.7 Å². The van der Waals surface area contributed by atoms with Gasteiger partial charge in [-0.05, 0) is 24.3 Å². The topological polar surface area (TPSA) is 70.6 Å². The van der Waals surface area contributed by atoms with E-state index in [1.165, 1.54) is 7.11 Å². The Balaban J connectivity index is 2.00. The van der Waals surface area contributed by atoms with Crippen LogP contribution in [-0.4, -0.2) is 18.1 Å². The summed E-state index contributed by atoms with van der Waals surface area (Å²) in [6, 6.07) is 10.5. The van der Waals surface area contributed by atoms with Gasteiger partial charge < -0.3 is 20.5 Å². The van der Waals surface area contributed by atoms with Crippen molar-refractivity contribution in [3.05, 3.63) is 52.0 Å². The van der Waals surface area contributed by atoms with Crippen molar-refractivity contribution < 1.29 is 14.6 Å². The maximum Gasteiger partial charge on any atom is 0.255 e. The van der Waals surface area contributed by atoms with Crippen molar-refractivity contribution in [3.8, 4) is 11.5 Å². The van der Waals surface area contributed by atoms with Gasteiger partial charge in [0.1, 0.15) is 6.17 Å². The summed E-state index contributed by atoms with van der Waals surface area (Å²) >= 11 is 3.44. The lowest BCUT2D eigenvalue weighted by atomic mass is 10.1. The number of phenols is 1. The van der Waals surface area contributed by atoms with E-state index >= 15 is 0 Å². The van der Waals surface area contributed by atoms with Crippen LogP contribution in [0.5, 0.6) is 11.5 Å². The molecule has 1 aliphatic heterocycles. The minimum absolute atomic E-state index is 0.0191. The number of ether oxygens (including phenoxy) is 1. The van der Waals surface area contributed by atoms with Gasteiger partial charge in [0, 0.05) is 15.7 Å². The van der Waals surface area contributed by atoms with Crippen molar-refractivity contribution in [2.75, 3.05) is 12.4 Å². The average Bonchev–Trinajstić information content (AvgIpc) is 2.49. The molecule has 0 unspecified atom stereocenters. The monoisotopic (exact) mass is 348 g/mol. The second-order valence-corrected chi connectivity index (χ2v) is 5.50. The first-order valence-corrected chi connectivity index (χ1v) is 7.12. The van der Waals surface area contributed by atoms with Crippen LogP contribution in [0.3, 0.4) is 0 Å². The van der Waals surface area contributed by atoms with E-state index in [0.29, 0.717) is 11.3 Å². The number of nitrogens with one attached hydrogen (secondary N) is 2. The van der Waals surface area contributed by atoms with Gasteiger partial charge >= 0.3 is 0 Å². The van der Waals surface area contributed by atoms with Gasteiger partial charge in [-0.3, -0.25) is 4.79 Å². The summed E-state index contributed by atoms with van der Waals surface area (Å²) in [6.07, 6.45) is -0.432. The Morgan fingerprint density at radius 3 is 2.76 bits per heavy atom. The van der Waals surface area contributed by atoms with E-state index in [0.717, 1.165) is 15.7 Å². The van der Waals surface area contributed by atoms with Crippen molar-refractivity contribution in [2.45, 2.75) is 6.17 Å². The van der Waals surface area contributed by atoms with E-state index in [2.05, 4.69) is 26.6 Å². The number of halogens is 1. The number of hydrogen-bond acceptors (Lipinski definition) is 4. The zero-order chi connectivity index (χ0) is 15.0. The molecule has 21 heavy (non-hydrogen) atoms. The highest BCUT2D eigenvalue weighted by Gasteiger charge is 2.26. The first-order chi connectivity index (χ1) is 10.1. The number of carbonyl (C=O) groups is 1. The molecule has 5 nitrogen and oxygen atoms in total. The standard InChI is InChI=1S/C15H13BrN2O3/c1-21-13-7-10(16)9(6-12(13)19)14-17-11-5-3-2-4-8(11)15(20)18-14/h2-7,14,17,19H,1H3,(H,18,20)/t14-/m1/s1. The van der Waals surface area contributed by atoms with Crippen LogP contribution in [0.2, 0.25) is 0 Å². The number of para-hydroxylation sites is 1. The maximum atomic E-state index is 12.1. The van der Waals surface area contributed by atoms with Crippen LogP contribution in [-0.2, 0) is 0 Å². The van der Waals surface area contributed by atoms with E-state index in [1.807, 2.05) is 18.2 Å². The number of anilines is 1. The number of phenolic OH excluding ortho intramolecular Hbond substituents is 1. The molecule has 0 saturated heterocycles. The number of fused-ring (bicyclic) bond motifs is 1. The van der Waals surface area contributed by atoms with Gasteiger partial charge in [-0.2, -0.15) is 0 Å². The quantitative estimate of drug-likeness (QED) is 0.780. The van der Waals surface area contributed by atoms with Crippen LogP contribution in [0, 0.1) is 0 Å². The van der Waals surface area contributed by atoms with Gasteiger partial charge in [-0.25, -0.2) is 0 Å². The van der Waals surface area contributed by atoms with E-state index < -0.39 is 6.17 Å². The average molecular weight is 349 g/mol. The SMILES string of the molecule is COc1cc(Br)c([C@H]2NC(=O)c3ccccc3N2)cc1O. The van der Waals surface area contributed by atoms with Crippen LogP contribution in [0.25, 0.3) is 0 Å². The lowest BCUT2D eigenvalue weighted by molar-refractivity contribution is 0.0935. The second kappa shape index (κ2) is 5.29. The number of carbonyl (C=O) groups excluding carboxylic acids is 1. The summed E-state index contributed by atoms with van der Waals surface area (Å²) in [7, 11) is 1.48. The molecular formula is C15H13BrN2O3. The van der Waals surface area contributed by atoms with Crippen LogP contribution >= 0.6 is 15.9 Å². The fourth-order valence-corrected chi connectivity index (χ4v) is 2.86. The minimum Gasteiger partial charge on any atom is -0.504 e. The van der Waals surface area contributed by atoms with Crippen molar-refractivity contribution in [3.63, 3.8) is 0 Å². The molecule has 1 amide bonds. The van der Waals surface area contributed by atoms with Crippen molar-refractivity contribution in [2.24, 2.45) is 0 Å². The number of amides is 1. The lowest BCUT2D eigenvalue weighted by Gasteiger charge is -2.29. The third-order valence-corrected chi connectivity index (χ3v) is 4.04. The van der Waals surface area contributed by atoms with E-state index in [-0.39, 0.29) is 11.7 Å². The molecule has 0 radical (unpaired) electrons. The molecule has 0 aliphatic carbocycles. The molecule has 6 heteroatoms. The van der Waals surface area contributed by atoms with Gasteiger partial charge in [0.25, 0.3) is 5.91 Å². The Morgan fingerprint density at radius 1 is 1.24 bits per heavy atom. The van der Waals surface area contributed by atoms with Crippen LogP contribution < -0.4 is 15.4 Å². The van der Waals surface area contributed by atoms with Crippen LogP contribution in [0.15, 0.2) is 40.9 Å². The Morgan fingerprint density at radius 2 is 2.00 bits per heavy atom. The number of hydrogen-bond donors (Lipinski definition) is 3. The molecule has 108 valence electrons. The fourth-order valence-electron chi connectivity index (χ4n) is 2.31. The van der Waals surface area contributed by atoms with Crippen LogP contribution in [0.1, 0.15) is 22.1 Å². The van der Waals surface area contributed by atoms with E-state index in [4.69, 9.17) is 4.74 Å². The third kappa shape index (κ3) is 2.42. The summed E-state index contributed by atoms with van der Waals surface area (Å²) in [5.74, 6) is 0.232. The fraction of sp³-hybridized carbons (Fsp3) is 0.133. The van der Waals surface area contributed by atoms with Crippen LogP contribution in [0.4, 0.5) is 5.69 Å². The maximum absolute atomic E-state index is 12.1. The Labute approximate surface area is 130 Å². The Bertz CT molecular complexity index is 718. The van der Waals surface area contributed by atoms with Gasteiger partial charge in [0.15, 0.2) is 11.5 Å². The molecule has 0 saturated carbocycles. The molecule has 1 atom stereocenters. The summed E-state index contributed by atoms with van der Waals surface area (Å²) < 4.78 is 5.79. The van der Waals surface area contributed by atoms with E-state index in [9.17, 15) is 9.90 Å². The number of aromatic hydroxyl groups is 1. The van der Waals surface area contributed by atoms with Crippen molar-refractivity contribution >= 4 is 27.5 Å². The molecule has 3 N–H and O–H groups in total. The van der Waals surface area contributed by atoms with Gasteiger partial charge in [0.2, 0.25) is 0 Å². The second-order valence-electron chi connectivity index (χ2n) is 4.64. The molecule has 1 aliphatic rings. The van der Waals surface area contributed by atoms with Crippen molar-refractivity contribution in [1.82, 2.24) is 5.32 Å². The molecular weight excluding hydrogens is 336 g/mol. The molecule has 0 bridgehead atoms. The summed E-state index contributed by atoms with van der Waals surface area (Å²) in [4.78, 5) is 12.1. The lowest BCUT2D eigenvalue weighted by Crippen LogP contribution is -2.38. The highest BCUT2D eigenvalue weighted by atomic mass is 79.9. The number of methoxy groups -OCH3 is 1. The minimum atomic E-state index is -0.432. The zero-order valence-corrected chi connectivity index (χ0v) is 12.8. The summed E-state index contributed by atoms with van der Waals surface area (Å²) in [5.41, 5.74) is 2.08. The molecule has 0 aromatic heterocycles. The largest absolute Gasteiger partial charge is 0.504 e. The molecule has 0 spiro atoms. The smallest absolute Gasteiger partial charge is 0.255 e. The van der Waals surface area contributed by atoms with Crippen molar-refractivity contribution in [1.29, 1.82) is 0 Å². The number of rotatable bonds is 2. The molecule has 2 aromatic carbocycles. The normalized spacial score (nSPS) is 16.7. The first kappa shape index (κ1) is 13.8. The molecule has 0 fully saturated rings. The molecule has 1 heterocycles. The highest BCUT2D eigenvalue weighted by molar-refractivity contribution is 9.10. The summed E-state index contributed by atoms with van der Waals surface area (Å²) in [6.45, 7) is 0. The van der Waals surface area contributed by atoms with Gasteiger partial charge in [-0.1, -0.05) is 28.1 Å². The van der Waals surface area contributed by atoms with Gasteiger partial charge in [-0.15, -0.1) is 0 Å². The Hall–Kier alpha value is -2.21.